The molecular formula is C27H31O2. The molecule has 0 fully saturated rings. The van der Waals surface area contributed by atoms with Crippen LogP contribution in [0.4, 0.5) is 0 Å². The van der Waals surface area contributed by atoms with Gasteiger partial charge in [-0.1, -0.05) is 26.0 Å². The first-order valence-corrected chi connectivity index (χ1v) is 10.3. The zero-order chi connectivity index (χ0) is 21.1. The number of aryl methyl sites for hydroxylation is 3. The van der Waals surface area contributed by atoms with Crippen molar-refractivity contribution in [2.45, 2.75) is 47.5 Å². The summed E-state index contributed by atoms with van der Waals surface area (Å²) in [6, 6.07) is 16.6. The SMILES string of the molecule is CCc1c(C)[c]c(-c2ccc(OC)c(C)c2)c(CC)c1-c1ccc(OC)c(C)c1. The molecule has 0 saturated heterocycles. The lowest BCUT2D eigenvalue weighted by Gasteiger charge is -2.21. The van der Waals surface area contributed by atoms with Crippen LogP contribution in [0.2, 0.25) is 0 Å². The smallest absolute Gasteiger partial charge is 0.121 e. The lowest BCUT2D eigenvalue weighted by atomic mass is 9.83. The summed E-state index contributed by atoms with van der Waals surface area (Å²) in [5.41, 5.74) is 11.2. The van der Waals surface area contributed by atoms with Crippen molar-refractivity contribution in [2.24, 2.45) is 0 Å². The molecule has 3 rings (SSSR count). The number of ether oxygens (including phenoxy) is 2. The average Bonchev–Trinajstić information content (AvgIpc) is 2.72. The van der Waals surface area contributed by atoms with Crippen molar-refractivity contribution in [3.63, 3.8) is 0 Å². The van der Waals surface area contributed by atoms with Gasteiger partial charge in [-0.25, -0.2) is 0 Å². The van der Waals surface area contributed by atoms with Crippen LogP contribution in [0.3, 0.4) is 0 Å². The predicted octanol–water partition coefficient (Wildman–Crippen LogP) is 6.89. The molecule has 0 saturated carbocycles. The monoisotopic (exact) mass is 387 g/mol. The summed E-state index contributed by atoms with van der Waals surface area (Å²) in [6.07, 6.45) is 1.93. The molecule has 29 heavy (non-hydrogen) atoms. The molecule has 3 aromatic rings. The topological polar surface area (TPSA) is 18.5 Å². The molecule has 1 radical (unpaired) electrons. The van der Waals surface area contributed by atoms with Crippen molar-refractivity contribution >= 4 is 0 Å². The number of hydrogen-bond acceptors (Lipinski definition) is 2. The van der Waals surface area contributed by atoms with Gasteiger partial charge in [-0.05, 0) is 114 Å². The minimum atomic E-state index is 0.916. The predicted molar refractivity (Wildman–Crippen MR) is 122 cm³/mol. The molecule has 0 amide bonds. The minimum Gasteiger partial charge on any atom is -0.496 e. The maximum absolute atomic E-state index is 5.48. The second-order valence-electron chi connectivity index (χ2n) is 7.53. The van der Waals surface area contributed by atoms with Crippen molar-refractivity contribution in [3.8, 4) is 33.8 Å². The molecule has 0 atom stereocenters. The summed E-state index contributed by atoms with van der Waals surface area (Å²) in [5.74, 6) is 1.84. The Morgan fingerprint density at radius 3 is 1.72 bits per heavy atom. The van der Waals surface area contributed by atoms with Crippen LogP contribution in [0, 0.1) is 26.8 Å². The number of methoxy groups -OCH3 is 2. The molecular weight excluding hydrogens is 356 g/mol. The highest BCUT2D eigenvalue weighted by molar-refractivity contribution is 5.83. The van der Waals surface area contributed by atoms with Crippen LogP contribution in [-0.4, -0.2) is 14.2 Å². The van der Waals surface area contributed by atoms with E-state index >= 15 is 0 Å². The van der Waals surface area contributed by atoms with Gasteiger partial charge >= 0.3 is 0 Å². The summed E-state index contributed by atoms with van der Waals surface area (Å²) in [7, 11) is 3.44. The Bertz CT molecular complexity index is 1030. The molecule has 0 aromatic heterocycles. The van der Waals surface area contributed by atoms with Crippen LogP contribution < -0.4 is 9.47 Å². The van der Waals surface area contributed by atoms with E-state index in [9.17, 15) is 0 Å². The van der Waals surface area contributed by atoms with E-state index in [0.29, 0.717) is 0 Å². The van der Waals surface area contributed by atoms with E-state index in [-0.39, 0.29) is 0 Å². The third kappa shape index (κ3) is 3.89. The normalized spacial score (nSPS) is 10.9. The van der Waals surface area contributed by atoms with Crippen LogP contribution in [-0.2, 0) is 12.8 Å². The van der Waals surface area contributed by atoms with Gasteiger partial charge in [0.15, 0.2) is 0 Å². The molecule has 0 bridgehead atoms. The largest absolute Gasteiger partial charge is 0.496 e. The van der Waals surface area contributed by atoms with E-state index in [1.165, 1.54) is 38.9 Å². The zero-order valence-electron chi connectivity index (χ0n) is 18.7. The fourth-order valence-corrected chi connectivity index (χ4v) is 4.29. The van der Waals surface area contributed by atoms with Gasteiger partial charge in [-0.2, -0.15) is 0 Å². The van der Waals surface area contributed by atoms with E-state index in [4.69, 9.17) is 9.47 Å². The highest BCUT2D eigenvalue weighted by Gasteiger charge is 2.18. The van der Waals surface area contributed by atoms with Gasteiger partial charge in [-0.3, -0.25) is 0 Å². The maximum Gasteiger partial charge on any atom is 0.121 e. The molecule has 0 N–H and O–H groups in total. The van der Waals surface area contributed by atoms with Crippen molar-refractivity contribution in [2.75, 3.05) is 14.2 Å². The van der Waals surface area contributed by atoms with Gasteiger partial charge in [0.25, 0.3) is 0 Å². The molecule has 3 aromatic carbocycles. The Morgan fingerprint density at radius 1 is 0.724 bits per heavy atom. The highest BCUT2D eigenvalue weighted by Crippen LogP contribution is 2.39. The molecule has 151 valence electrons. The van der Waals surface area contributed by atoms with Gasteiger partial charge in [0.05, 0.1) is 14.2 Å². The van der Waals surface area contributed by atoms with Gasteiger partial charge in [0.1, 0.15) is 11.5 Å². The van der Waals surface area contributed by atoms with Gasteiger partial charge in [0.2, 0.25) is 0 Å². The molecule has 2 nitrogen and oxygen atoms in total. The molecule has 0 aliphatic carbocycles. The Balaban J connectivity index is 2.30. The zero-order valence-corrected chi connectivity index (χ0v) is 18.7. The van der Waals surface area contributed by atoms with Crippen molar-refractivity contribution < 1.29 is 9.47 Å². The summed E-state index contributed by atoms with van der Waals surface area (Å²) >= 11 is 0. The first kappa shape index (κ1) is 21.0. The van der Waals surface area contributed by atoms with E-state index in [0.717, 1.165) is 35.5 Å². The van der Waals surface area contributed by atoms with Gasteiger partial charge in [-0.15, -0.1) is 0 Å². The van der Waals surface area contributed by atoms with E-state index in [1.807, 2.05) is 0 Å². The van der Waals surface area contributed by atoms with E-state index in [1.54, 1.807) is 14.2 Å². The standard InChI is InChI=1S/C27H31O2/c1-8-22-17(3)16-24(20-10-12-25(28-6)18(4)14-20)23(9-2)27(22)21-11-13-26(29-7)19(5)15-21/h10-15H,8-9H2,1-7H3. The highest BCUT2D eigenvalue weighted by atomic mass is 16.5. The van der Waals surface area contributed by atoms with Gasteiger partial charge < -0.3 is 9.47 Å². The summed E-state index contributed by atoms with van der Waals surface area (Å²) in [4.78, 5) is 0. The number of benzene rings is 3. The average molecular weight is 388 g/mol. The Hall–Kier alpha value is -2.74. The molecule has 0 aliphatic rings. The first-order valence-electron chi connectivity index (χ1n) is 10.3. The van der Waals surface area contributed by atoms with Crippen LogP contribution in [0.15, 0.2) is 36.4 Å². The van der Waals surface area contributed by atoms with Crippen LogP contribution in [0.5, 0.6) is 11.5 Å². The van der Waals surface area contributed by atoms with Crippen LogP contribution >= 0.6 is 0 Å². The lowest BCUT2D eigenvalue weighted by molar-refractivity contribution is 0.411. The molecule has 0 spiro atoms. The maximum atomic E-state index is 5.48. The molecule has 0 unspecified atom stereocenters. The van der Waals surface area contributed by atoms with E-state index < -0.39 is 0 Å². The fraction of sp³-hybridized carbons (Fsp3) is 0.333. The second-order valence-corrected chi connectivity index (χ2v) is 7.53. The number of hydrogen-bond donors (Lipinski definition) is 0. The third-order valence-electron chi connectivity index (χ3n) is 5.74. The van der Waals surface area contributed by atoms with Crippen molar-refractivity contribution in [3.05, 3.63) is 70.3 Å². The summed E-state index contributed by atoms with van der Waals surface area (Å²) in [6.45, 7) is 10.8. The molecule has 2 heteroatoms. The number of rotatable bonds is 6. The Kier molecular flexibility index (Phi) is 6.32. The van der Waals surface area contributed by atoms with Crippen molar-refractivity contribution in [1.82, 2.24) is 0 Å². The van der Waals surface area contributed by atoms with Crippen LogP contribution in [0.25, 0.3) is 22.3 Å². The summed E-state index contributed by atoms with van der Waals surface area (Å²) in [5, 5.41) is 0. The van der Waals surface area contributed by atoms with Crippen LogP contribution in [0.1, 0.15) is 41.7 Å². The Morgan fingerprint density at radius 2 is 1.24 bits per heavy atom. The Labute approximate surface area is 175 Å². The van der Waals surface area contributed by atoms with E-state index in [2.05, 4.69) is 77.1 Å². The quantitative estimate of drug-likeness (QED) is 0.458. The minimum absolute atomic E-state index is 0.916. The third-order valence-corrected chi connectivity index (χ3v) is 5.74. The fourth-order valence-electron chi connectivity index (χ4n) is 4.29. The van der Waals surface area contributed by atoms with Gasteiger partial charge in [0, 0.05) is 0 Å². The summed E-state index contributed by atoms with van der Waals surface area (Å²) < 4.78 is 10.9. The lowest BCUT2D eigenvalue weighted by Crippen LogP contribution is -2.02. The molecule has 0 aliphatic heterocycles. The first-order chi connectivity index (χ1) is 13.9. The molecule has 0 heterocycles. The van der Waals surface area contributed by atoms with Crippen molar-refractivity contribution in [1.29, 1.82) is 0 Å². The second kappa shape index (κ2) is 8.73.